The van der Waals surface area contributed by atoms with Crippen LogP contribution in [0.2, 0.25) is 0 Å². The second-order valence-electron chi connectivity index (χ2n) is 7.48. The van der Waals surface area contributed by atoms with Gasteiger partial charge in [-0.15, -0.1) is 17.1 Å². The fraction of sp³-hybridized carbons (Fsp3) is 0.611. The fourth-order valence-corrected chi connectivity index (χ4v) is 2.19. The fourth-order valence-electron chi connectivity index (χ4n) is 2.19. The quantitative estimate of drug-likeness (QED) is 0.533. The van der Waals surface area contributed by atoms with Crippen LogP contribution < -0.4 is 0 Å². The zero-order valence-electron chi connectivity index (χ0n) is 15.9. The van der Waals surface area contributed by atoms with Crippen molar-refractivity contribution in [3.05, 3.63) is 46.5 Å². The number of carbonyl (C=O) groups is 1. The van der Waals surface area contributed by atoms with Gasteiger partial charge in [-0.1, -0.05) is 77.4 Å². The summed E-state index contributed by atoms with van der Waals surface area (Å²) in [5.74, 6) is -0.350. The molecule has 2 atom stereocenters. The Labute approximate surface area is 158 Å². The molecule has 6 nitrogen and oxygen atoms in total. The van der Waals surface area contributed by atoms with Crippen LogP contribution in [0.25, 0.3) is 10.6 Å². The van der Waals surface area contributed by atoms with Gasteiger partial charge in [0.15, 0.2) is 0 Å². The summed E-state index contributed by atoms with van der Waals surface area (Å²) in [5.41, 5.74) is 0.347. The van der Waals surface area contributed by atoms with E-state index < -0.39 is 23.4 Å². The van der Waals surface area contributed by atoms with Gasteiger partial charge in [0.2, 0.25) is 0 Å². The van der Waals surface area contributed by atoms with Crippen LogP contribution in [0.4, 0.5) is 0 Å². The Bertz CT molecular complexity index is 559. The summed E-state index contributed by atoms with van der Waals surface area (Å²) in [7, 11) is 1.40. The van der Waals surface area contributed by atoms with Crippen LogP contribution in [-0.2, 0) is 33.9 Å². The van der Waals surface area contributed by atoms with E-state index in [1.54, 1.807) is 0 Å². The maximum atomic E-state index is 12.3. The standard InChI is InChI=1S/C18H28N2O2.2O.Os/c1-17(2,3)19-14(13-11-9-8-10-12-13)15(16(21)22-7)20-18(4,5)6;;;/h8-12,14-15H,1-7H3;;;/q-2;;;+2/t14-,15+;;;/m0.../s1. The molecular weight excluding hydrogens is 498 g/mol. The minimum atomic E-state index is -2.08. The summed E-state index contributed by atoms with van der Waals surface area (Å²) in [6, 6.07) is 8.81. The van der Waals surface area contributed by atoms with E-state index in [-0.39, 0.29) is 23.1 Å². The molecule has 1 aromatic rings. The summed E-state index contributed by atoms with van der Waals surface area (Å²) in [6.45, 7) is 12.0. The van der Waals surface area contributed by atoms with Crippen LogP contribution in [0.15, 0.2) is 30.3 Å². The minimum absolute atomic E-state index is 0.278. The van der Waals surface area contributed by atoms with E-state index in [2.05, 4.69) is 5.32 Å². The summed E-state index contributed by atoms with van der Waals surface area (Å²) in [4.78, 5) is 12.3. The first kappa shape index (κ1) is 23.8. The van der Waals surface area contributed by atoms with Gasteiger partial charge in [0, 0.05) is 0 Å². The van der Waals surface area contributed by atoms with Gasteiger partial charge in [-0.2, -0.15) is 0 Å². The molecule has 1 rings (SSSR count). The Hall–Kier alpha value is -1.15. The topological polar surface area (TPSA) is 88.6 Å². The average molecular weight is 527 g/mol. The van der Waals surface area contributed by atoms with Crippen LogP contribution in [0.3, 0.4) is 0 Å². The van der Waals surface area contributed by atoms with E-state index in [0.29, 0.717) is 0 Å². The molecule has 0 unspecified atom stereocenters. The van der Waals surface area contributed by atoms with Gasteiger partial charge in [-0.3, -0.25) is 4.79 Å². The zero-order valence-corrected chi connectivity index (χ0v) is 18.5. The summed E-state index contributed by atoms with van der Waals surface area (Å²) in [5, 5.41) is 9.51. The van der Waals surface area contributed by atoms with Gasteiger partial charge >= 0.3 is 24.4 Å². The third kappa shape index (κ3) is 10.4. The van der Waals surface area contributed by atoms with Crippen LogP contribution in [0, 0.1) is 0 Å². The van der Waals surface area contributed by atoms with Crippen molar-refractivity contribution in [3.63, 3.8) is 0 Å². The number of esters is 1. The predicted octanol–water partition coefficient (Wildman–Crippen LogP) is 4.37. The monoisotopic (exact) mass is 528 g/mol. The van der Waals surface area contributed by atoms with Crippen molar-refractivity contribution in [1.29, 1.82) is 0 Å². The van der Waals surface area contributed by atoms with Crippen molar-refractivity contribution in [2.45, 2.75) is 64.7 Å². The molecule has 25 heavy (non-hydrogen) atoms. The van der Waals surface area contributed by atoms with Crippen LogP contribution in [0.1, 0.15) is 53.1 Å². The Kier molecular flexibility index (Phi) is 10.3. The number of rotatable bonds is 5. The van der Waals surface area contributed by atoms with Crippen molar-refractivity contribution in [2.24, 2.45) is 0 Å². The van der Waals surface area contributed by atoms with Crippen molar-refractivity contribution in [1.82, 2.24) is 0 Å². The molecule has 0 amide bonds. The molecule has 0 N–H and O–H groups in total. The summed E-state index contributed by atoms with van der Waals surface area (Å²) >= 11 is -2.08. The number of nitrogens with zero attached hydrogens (tertiary/aromatic N) is 2. The first-order valence-corrected chi connectivity index (χ1v) is 9.96. The van der Waals surface area contributed by atoms with Gasteiger partial charge in [-0.25, -0.2) is 0 Å². The molecule has 0 saturated heterocycles. The van der Waals surface area contributed by atoms with Crippen molar-refractivity contribution in [2.75, 3.05) is 7.11 Å². The second-order valence-corrected chi connectivity index (χ2v) is 7.91. The molecule has 7 heteroatoms. The third-order valence-electron chi connectivity index (χ3n) is 2.94. The number of benzene rings is 1. The molecule has 0 saturated carbocycles. The Morgan fingerprint density at radius 2 is 1.40 bits per heavy atom. The molecule has 0 aromatic heterocycles. The maximum absolute atomic E-state index is 12.3. The van der Waals surface area contributed by atoms with E-state index in [0.717, 1.165) is 5.56 Å². The van der Waals surface area contributed by atoms with E-state index >= 15 is 0 Å². The van der Waals surface area contributed by atoms with Crippen LogP contribution in [0.5, 0.6) is 0 Å². The molecule has 0 bridgehead atoms. The van der Waals surface area contributed by atoms with Gasteiger partial charge in [0.25, 0.3) is 5.97 Å². The summed E-state index contributed by atoms with van der Waals surface area (Å²) in [6.07, 6.45) is 0. The molecule has 0 aliphatic carbocycles. The SMILES string of the molecule is COC(=O)[C@H]([N-]C(C)(C)C)[C@@H]([N-]C(C)(C)C)c1ccccc1.[O]=[Os+2]=[O]. The van der Waals surface area contributed by atoms with E-state index in [1.165, 1.54) is 7.11 Å². The Balaban J connectivity index is 0.00000178. The van der Waals surface area contributed by atoms with Gasteiger partial charge < -0.3 is 15.4 Å². The molecule has 0 radical (unpaired) electrons. The first-order chi connectivity index (χ1) is 11.4. The summed E-state index contributed by atoms with van der Waals surface area (Å²) < 4.78 is 22.0. The number of carbonyl (C=O) groups excluding carboxylic acids is 1. The van der Waals surface area contributed by atoms with E-state index in [4.69, 9.17) is 17.1 Å². The van der Waals surface area contributed by atoms with Gasteiger partial charge in [0.1, 0.15) is 0 Å². The number of methoxy groups -OCH3 is 1. The molecule has 0 spiro atoms. The first-order valence-electron chi connectivity index (χ1n) is 7.89. The zero-order chi connectivity index (χ0) is 19.7. The van der Waals surface area contributed by atoms with Crippen LogP contribution >= 0.6 is 0 Å². The molecule has 0 heterocycles. The number of ether oxygens (including phenoxy) is 1. The average Bonchev–Trinajstić information content (AvgIpc) is 2.50. The predicted molar refractivity (Wildman–Crippen MR) is 92.6 cm³/mol. The second kappa shape index (κ2) is 10.8. The molecule has 0 fully saturated rings. The van der Waals surface area contributed by atoms with Gasteiger partial charge in [0.05, 0.1) is 7.11 Å². The normalized spacial score (nSPS) is 13.9. The Morgan fingerprint density at radius 1 is 0.960 bits per heavy atom. The van der Waals surface area contributed by atoms with E-state index in [9.17, 15) is 4.79 Å². The van der Waals surface area contributed by atoms with Crippen molar-refractivity contribution >= 4 is 5.97 Å². The van der Waals surface area contributed by atoms with Crippen molar-refractivity contribution in [3.8, 4) is 0 Å². The molecular formula is C18H28N2O4Os. The van der Waals surface area contributed by atoms with Crippen molar-refractivity contribution < 1.29 is 33.9 Å². The van der Waals surface area contributed by atoms with Crippen LogP contribution in [-0.4, -0.2) is 30.2 Å². The molecule has 0 aliphatic rings. The Morgan fingerprint density at radius 3 is 1.76 bits per heavy atom. The number of hydrogen-bond acceptors (Lipinski definition) is 4. The van der Waals surface area contributed by atoms with Gasteiger partial charge in [-0.05, 0) is 6.04 Å². The molecule has 142 valence electrons. The molecule has 1 aromatic carbocycles. The van der Waals surface area contributed by atoms with E-state index in [1.807, 2.05) is 71.9 Å². The number of hydrogen-bond donors (Lipinski definition) is 0. The molecule has 0 aliphatic heterocycles. The third-order valence-corrected chi connectivity index (χ3v) is 2.94.